The van der Waals surface area contributed by atoms with Crippen molar-refractivity contribution in [1.29, 1.82) is 0 Å². The van der Waals surface area contributed by atoms with Crippen molar-refractivity contribution in [2.45, 2.75) is 38.3 Å². The highest BCUT2D eigenvalue weighted by Crippen LogP contribution is 2.32. The van der Waals surface area contributed by atoms with Gasteiger partial charge in [-0.2, -0.15) is 0 Å². The van der Waals surface area contributed by atoms with E-state index in [4.69, 9.17) is 9.47 Å². The van der Waals surface area contributed by atoms with Gasteiger partial charge < -0.3 is 14.8 Å². The van der Waals surface area contributed by atoms with Crippen molar-refractivity contribution >= 4 is 0 Å². The van der Waals surface area contributed by atoms with Crippen LogP contribution in [0.15, 0.2) is 0 Å². The zero-order valence-electron chi connectivity index (χ0n) is 9.00. The Labute approximate surface area is 86.2 Å². The number of hydrogen-bond acceptors (Lipinski definition) is 3. The molecule has 0 aromatic rings. The smallest absolute Gasteiger partial charge is 0.0964 e. The van der Waals surface area contributed by atoms with E-state index >= 15 is 0 Å². The van der Waals surface area contributed by atoms with Gasteiger partial charge in [-0.1, -0.05) is 13.3 Å². The van der Waals surface area contributed by atoms with Crippen molar-refractivity contribution in [1.82, 2.24) is 5.32 Å². The standard InChI is InChI=1S/C11H21NO2/c1-2-12-11(9-4-3-5-9)10-8-13-6-7-14-10/h9-12H,2-8H2,1H3. The molecule has 1 aliphatic carbocycles. The summed E-state index contributed by atoms with van der Waals surface area (Å²) in [5.74, 6) is 0.821. The summed E-state index contributed by atoms with van der Waals surface area (Å²) in [6, 6.07) is 0.522. The molecule has 0 aromatic heterocycles. The summed E-state index contributed by atoms with van der Waals surface area (Å²) in [4.78, 5) is 0. The summed E-state index contributed by atoms with van der Waals surface area (Å²) in [7, 11) is 0. The fraction of sp³-hybridized carbons (Fsp3) is 1.00. The topological polar surface area (TPSA) is 30.5 Å². The number of ether oxygens (including phenoxy) is 2. The first-order valence-corrected chi connectivity index (χ1v) is 5.84. The molecule has 2 aliphatic rings. The maximum atomic E-state index is 5.76. The van der Waals surface area contributed by atoms with Crippen molar-refractivity contribution in [2.75, 3.05) is 26.4 Å². The highest BCUT2D eigenvalue weighted by Gasteiger charge is 2.34. The van der Waals surface area contributed by atoms with E-state index in [2.05, 4.69) is 12.2 Å². The second kappa shape index (κ2) is 5.10. The summed E-state index contributed by atoms with van der Waals surface area (Å²) in [6.45, 7) is 5.49. The lowest BCUT2D eigenvalue weighted by atomic mass is 9.77. The van der Waals surface area contributed by atoms with Crippen LogP contribution in [-0.2, 0) is 9.47 Å². The van der Waals surface area contributed by atoms with Gasteiger partial charge in [0.25, 0.3) is 0 Å². The largest absolute Gasteiger partial charge is 0.376 e. The van der Waals surface area contributed by atoms with Gasteiger partial charge in [0.2, 0.25) is 0 Å². The van der Waals surface area contributed by atoms with Crippen LogP contribution in [0.3, 0.4) is 0 Å². The van der Waals surface area contributed by atoms with Gasteiger partial charge in [0, 0.05) is 6.04 Å². The van der Waals surface area contributed by atoms with Crippen LogP contribution < -0.4 is 5.32 Å². The third-order valence-electron chi connectivity index (χ3n) is 3.34. The van der Waals surface area contributed by atoms with Crippen molar-refractivity contribution in [3.63, 3.8) is 0 Å². The predicted molar refractivity (Wildman–Crippen MR) is 55.4 cm³/mol. The zero-order chi connectivity index (χ0) is 9.80. The lowest BCUT2D eigenvalue weighted by Crippen LogP contribution is -2.52. The zero-order valence-corrected chi connectivity index (χ0v) is 9.00. The number of rotatable bonds is 4. The maximum Gasteiger partial charge on any atom is 0.0964 e. The van der Waals surface area contributed by atoms with Crippen molar-refractivity contribution < 1.29 is 9.47 Å². The van der Waals surface area contributed by atoms with Crippen molar-refractivity contribution in [3.05, 3.63) is 0 Å². The van der Waals surface area contributed by atoms with Crippen LogP contribution in [-0.4, -0.2) is 38.5 Å². The van der Waals surface area contributed by atoms with E-state index in [1.165, 1.54) is 19.3 Å². The third-order valence-corrected chi connectivity index (χ3v) is 3.34. The molecule has 1 saturated heterocycles. The van der Waals surface area contributed by atoms with E-state index in [1.807, 2.05) is 0 Å². The van der Waals surface area contributed by atoms with Gasteiger partial charge in [-0.15, -0.1) is 0 Å². The minimum Gasteiger partial charge on any atom is -0.376 e. The molecule has 1 heterocycles. The molecule has 2 rings (SSSR count). The Morgan fingerprint density at radius 1 is 1.36 bits per heavy atom. The first-order valence-electron chi connectivity index (χ1n) is 5.84. The lowest BCUT2D eigenvalue weighted by Gasteiger charge is -2.40. The molecule has 3 nitrogen and oxygen atoms in total. The number of nitrogens with one attached hydrogen (secondary N) is 1. The Kier molecular flexibility index (Phi) is 3.79. The minimum absolute atomic E-state index is 0.286. The van der Waals surface area contributed by atoms with Gasteiger partial charge in [-0.05, 0) is 25.3 Å². The van der Waals surface area contributed by atoms with Gasteiger partial charge >= 0.3 is 0 Å². The summed E-state index contributed by atoms with van der Waals surface area (Å²) in [5, 5.41) is 3.55. The van der Waals surface area contributed by atoms with Crippen LogP contribution in [0.25, 0.3) is 0 Å². The third kappa shape index (κ3) is 2.27. The molecule has 3 heteroatoms. The number of hydrogen-bond donors (Lipinski definition) is 1. The second-order valence-electron chi connectivity index (χ2n) is 4.26. The van der Waals surface area contributed by atoms with Crippen LogP contribution in [0.1, 0.15) is 26.2 Å². The maximum absolute atomic E-state index is 5.76. The molecule has 14 heavy (non-hydrogen) atoms. The molecule has 2 fully saturated rings. The molecule has 0 spiro atoms. The SMILES string of the molecule is CCNC(C1CCC1)C1COCCO1. The fourth-order valence-corrected chi connectivity index (χ4v) is 2.35. The Morgan fingerprint density at radius 2 is 2.21 bits per heavy atom. The molecule has 2 unspecified atom stereocenters. The summed E-state index contributed by atoms with van der Waals surface area (Å²) >= 11 is 0. The first kappa shape index (κ1) is 10.4. The van der Waals surface area contributed by atoms with E-state index in [9.17, 15) is 0 Å². The molecule has 1 saturated carbocycles. The fourth-order valence-electron chi connectivity index (χ4n) is 2.35. The van der Waals surface area contributed by atoms with Crippen LogP contribution in [0.5, 0.6) is 0 Å². The van der Waals surface area contributed by atoms with E-state index < -0.39 is 0 Å². The molecule has 2 atom stereocenters. The van der Waals surface area contributed by atoms with E-state index in [-0.39, 0.29) is 6.10 Å². The van der Waals surface area contributed by atoms with Gasteiger partial charge in [-0.25, -0.2) is 0 Å². The van der Waals surface area contributed by atoms with Gasteiger partial charge in [-0.3, -0.25) is 0 Å². The Morgan fingerprint density at radius 3 is 2.71 bits per heavy atom. The molecule has 0 amide bonds. The molecular weight excluding hydrogens is 178 g/mol. The van der Waals surface area contributed by atoms with Gasteiger partial charge in [0.15, 0.2) is 0 Å². The highest BCUT2D eigenvalue weighted by molar-refractivity contribution is 4.89. The van der Waals surface area contributed by atoms with Crippen molar-refractivity contribution in [3.8, 4) is 0 Å². The summed E-state index contributed by atoms with van der Waals surface area (Å²) in [6.07, 6.45) is 4.39. The molecule has 82 valence electrons. The average molecular weight is 199 g/mol. The van der Waals surface area contributed by atoms with Crippen LogP contribution in [0.4, 0.5) is 0 Å². The van der Waals surface area contributed by atoms with Crippen molar-refractivity contribution in [2.24, 2.45) is 5.92 Å². The van der Waals surface area contributed by atoms with E-state index in [1.54, 1.807) is 0 Å². The molecule has 1 N–H and O–H groups in total. The van der Waals surface area contributed by atoms with Gasteiger partial charge in [0.1, 0.15) is 0 Å². The average Bonchev–Trinajstić information content (AvgIpc) is 2.16. The van der Waals surface area contributed by atoms with Crippen LogP contribution in [0, 0.1) is 5.92 Å². The Bertz CT molecular complexity index is 165. The molecule has 0 radical (unpaired) electrons. The lowest BCUT2D eigenvalue weighted by molar-refractivity contribution is -0.113. The minimum atomic E-state index is 0.286. The van der Waals surface area contributed by atoms with E-state index in [0.29, 0.717) is 6.04 Å². The molecule has 0 bridgehead atoms. The van der Waals surface area contributed by atoms with Gasteiger partial charge in [0.05, 0.1) is 25.9 Å². The first-order chi connectivity index (χ1) is 6.92. The number of likely N-dealkylation sites (N-methyl/N-ethyl adjacent to an activating group) is 1. The summed E-state index contributed by atoms with van der Waals surface area (Å²) in [5.41, 5.74) is 0. The quantitative estimate of drug-likeness (QED) is 0.737. The normalized spacial score (nSPS) is 31.1. The molecule has 0 aromatic carbocycles. The Balaban J connectivity index is 1.86. The second-order valence-corrected chi connectivity index (χ2v) is 4.26. The highest BCUT2D eigenvalue weighted by atomic mass is 16.6. The van der Waals surface area contributed by atoms with E-state index in [0.717, 1.165) is 32.3 Å². The predicted octanol–water partition coefficient (Wildman–Crippen LogP) is 1.18. The van der Waals surface area contributed by atoms with Crippen LogP contribution in [0.2, 0.25) is 0 Å². The van der Waals surface area contributed by atoms with Crippen LogP contribution >= 0.6 is 0 Å². The summed E-state index contributed by atoms with van der Waals surface area (Å²) < 4.78 is 11.2. The Hall–Kier alpha value is -0.120. The molecule has 1 aliphatic heterocycles. The molecular formula is C11H21NO2. The monoisotopic (exact) mass is 199 g/mol.